The van der Waals surface area contributed by atoms with Gasteiger partial charge in [0.05, 0.1) is 6.61 Å². The van der Waals surface area contributed by atoms with Crippen LogP contribution in [0.4, 0.5) is 10.1 Å². The molecule has 0 saturated carbocycles. The maximum atomic E-state index is 13.5. The monoisotopic (exact) mass is 262 g/mol. The summed E-state index contributed by atoms with van der Waals surface area (Å²) in [4.78, 5) is -0.450. The Morgan fingerprint density at radius 3 is 2.59 bits per heavy atom. The summed E-state index contributed by atoms with van der Waals surface area (Å²) >= 11 is 0. The van der Waals surface area contributed by atoms with Crippen molar-refractivity contribution in [2.45, 2.75) is 17.9 Å². The van der Waals surface area contributed by atoms with Gasteiger partial charge >= 0.3 is 0 Å². The number of anilines is 1. The molecule has 0 aliphatic heterocycles. The van der Waals surface area contributed by atoms with Crippen LogP contribution >= 0.6 is 0 Å². The summed E-state index contributed by atoms with van der Waals surface area (Å²) in [5.41, 5.74) is 5.50. The molecule has 0 heterocycles. The van der Waals surface area contributed by atoms with Gasteiger partial charge in [0.1, 0.15) is 10.7 Å². The van der Waals surface area contributed by atoms with E-state index in [2.05, 4.69) is 0 Å². The number of benzene rings is 1. The fourth-order valence-electron chi connectivity index (χ4n) is 1.23. The van der Waals surface area contributed by atoms with Gasteiger partial charge in [0.2, 0.25) is 10.0 Å². The number of aliphatic hydroxyl groups is 1. The number of rotatable bonds is 4. The third-order valence-corrected chi connectivity index (χ3v) is 4.50. The van der Waals surface area contributed by atoms with Crippen LogP contribution in [0, 0.1) is 5.82 Å². The van der Waals surface area contributed by atoms with Gasteiger partial charge in [-0.1, -0.05) is 0 Å². The lowest BCUT2D eigenvalue weighted by molar-refractivity contribution is 0.213. The van der Waals surface area contributed by atoms with Gasteiger partial charge in [-0.15, -0.1) is 0 Å². The molecule has 1 rings (SSSR count). The molecule has 7 heteroatoms. The maximum Gasteiger partial charge on any atom is 0.246 e. The maximum absolute atomic E-state index is 13.5. The molecule has 0 bridgehead atoms. The van der Waals surface area contributed by atoms with E-state index >= 15 is 0 Å². The van der Waals surface area contributed by atoms with Crippen LogP contribution in [-0.4, -0.2) is 37.5 Å². The molecule has 0 saturated heterocycles. The third-order valence-electron chi connectivity index (χ3n) is 2.50. The zero-order valence-electron chi connectivity index (χ0n) is 9.59. The Hall–Kier alpha value is -1.18. The van der Waals surface area contributed by atoms with Gasteiger partial charge in [-0.05, 0) is 25.1 Å². The van der Waals surface area contributed by atoms with Gasteiger partial charge in [0.25, 0.3) is 0 Å². The van der Waals surface area contributed by atoms with Crippen molar-refractivity contribution in [3.63, 3.8) is 0 Å². The predicted molar refractivity (Wildman–Crippen MR) is 62.3 cm³/mol. The molecule has 0 aliphatic carbocycles. The third kappa shape index (κ3) is 2.74. The highest BCUT2D eigenvalue weighted by molar-refractivity contribution is 7.89. The quantitative estimate of drug-likeness (QED) is 0.770. The molecular weight excluding hydrogens is 247 g/mol. The fourth-order valence-corrected chi connectivity index (χ4v) is 2.63. The van der Waals surface area contributed by atoms with E-state index in [4.69, 9.17) is 10.8 Å². The van der Waals surface area contributed by atoms with Crippen LogP contribution in [-0.2, 0) is 10.0 Å². The molecule has 0 amide bonds. The molecular formula is C10H15FN2O3S. The molecule has 0 aliphatic rings. The molecule has 1 aromatic carbocycles. The van der Waals surface area contributed by atoms with Crippen LogP contribution in [0.15, 0.2) is 23.1 Å². The summed E-state index contributed by atoms with van der Waals surface area (Å²) in [5, 5.41) is 8.91. The van der Waals surface area contributed by atoms with E-state index in [1.54, 1.807) is 0 Å². The average Bonchev–Trinajstić information content (AvgIpc) is 2.26. The second-order valence-corrected chi connectivity index (χ2v) is 5.71. The lowest BCUT2D eigenvalue weighted by atomic mass is 10.3. The number of sulfonamides is 1. The second-order valence-electron chi connectivity index (χ2n) is 3.74. The van der Waals surface area contributed by atoms with Crippen molar-refractivity contribution in [3.05, 3.63) is 24.0 Å². The molecule has 0 spiro atoms. The van der Waals surface area contributed by atoms with Gasteiger partial charge in [0, 0.05) is 18.8 Å². The number of aliphatic hydroxyl groups excluding tert-OH is 1. The Balaban J connectivity index is 3.22. The van der Waals surface area contributed by atoms with Crippen LogP contribution in [0.1, 0.15) is 6.92 Å². The van der Waals surface area contributed by atoms with Crippen LogP contribution in [0.5, 0.6) is 0 Å². The van der Waals surface area contributed by atoms with E-state index in [0.717, 1.165) is 16.4 Å². The number of nitrogens with two attached hydrogens (primary N) is 1. The van der Waals surface area contributed by atoms with Crippen molar-refractivity contribution in [3.8, 4) is 0 Å². The van der Waals surface area contributed by atoms with Gasteiger partial charge in [-0.3, -0.25) is 0 Å². The van der Waals surface area contributed by atoms with Crippen LogP contribution in [0.2, 0.25) is 0 Å². The summed E-state index contributed by atoms with van der Waals surface area (Å²) < 4.78 is 38.4. The Morgan fingerprint density at radius 1 is 1.53 bits per heavy atom. The Labute approximate surface area is 99.7 Å². The van der Waals surface area contributed by atoms with Gasteiger partial charge in [-0.25, -0.2) is 12.8 Å². The minimum Gasteiger partial charge on any atom is -0.399 e. The minimum absolute atomic E-state index is 0.152. The summed E-state index contributed by atoms with van der Waals surface area (Å²) in [5.74, 6) is -0.901. The zero-order chi connectivity index (χ0) is 13.2. The van der Waals surface area contributed by atoms with E-state index in [9.17, 15) is 12.8 Å². The van der Waals surface area contributed by atoms with Crippen molar-refractivity contribution in [1.82, 2.24) is 4.31 Å². The highest BCUT2D eigenvalue weighted by atomic mass is 32.2. The molecule has 0 fully saturated rings. The smallest absolute Gasteiger partial charge is 0.246 e. The number of likely N-dealkylation sites (N-methyl/N-ethyl adjacent to an activating group) is 1. The summed E-state index contributed by atoms with van der Waals surface area (Å²) in [6, 6.07) is 2.75. The summed E-state index contributed by atoms with van der Waals surface area (Å²) in [6.07, 6.45) is 0. The number of hydrogen-bond donors (Lipinski definition) is 2. The zero-order valence-corrected chi connectivity index (χ0v) is 10.4. The lowest BCUT2D eigenvalue weighted by Crippen LogP contribution is -2.37. The molecule has 1 unspecified atom stereocenters. The Kier molecular flexibility index (Phi) is 4.07. The predicted octanol–water partition coefficient (Wildman–Crippen LogP) is 0.409. The van der Waals surface area contributed by atoms with E-state index in [0.29, 0.717) is 0 Å². The van der Waals surface area contributed by atoms with E-state index in [1.807, 2.05) is 0 Å². The largest absolute Gasteiger partial charge is 0.399 e. The fraction of sp³-hybridized carbons (Fsp3) is 0.400. The topological polar surface area (TPSA) is 83.6 Å². The highest BCUT2D eigenvalue weighted by Gasteiger charge is 2.27. The van der Waals surface area contributed by atoms with E-state index in [-0.39, 0.29) is 12.3 Å². The first kappa shape index (κ1) is 13.9. The normalized spacial score (nSPS) is 13.9. The van der Waals surface area contributed by atoms with Crippen LogP contribution < -0.4 is 5.73 Å². The summed E-state index contributed by atoms with van der Waals surface area (Å²) in [7, 11) is -2.67. The van der Waals surface area contributed by atoms with Crippen molar-refractivity contribution in [2.24, 2.45) is 0 Å². The molecule has 0 aromatic heterocycles. The second kappa shape index (κ2) is 4.99. The van der Waals surface area contributed by atoms with Gasteiger partial charge in [0.15, 0.2) is 0 Å². The van der Waals surface area contributed by atoms with Crippen molar-refractivity contribution < 1.29 is 17.9 Å². The summed E-state index contributed by atoms with van der Waals surface area (Å²) in [6.45, 7) is 1.18. The van der Waals surface area contributed by atoms with Crippen LogP contribution in [0.3, 0.4) is 0 Å². The lowest BCUT2D eigenvalue weighted by Gasteiger charge is -2.22. The van der Waals surface area contributed by atoms with Gasteiger partial charge in [-0.2, -0.15) is 4.31 Å². The Bertz CT molecular complexity index is 504. The number of nitrogen functional groups attached to an aromatic ring is 1. The first-order chi connectivity index (χ1) is 7.80. The average molecular weight is 262 g/mol. The first-order valence-electron chi connectivity index (χ1n) is 4.94. The first-order valence-corrected chi connectivity index (χ1v) is 6.38. The van der Waals surface area contributed by atoms with E-state index < -0.39 is 26.8 Å². The molecule has 1 aromatic rings. The van der Waals surface area contributed by atoms with E-state index in [1.165, 1.54) is 20.0 Å². The molecule has 17 heavy (non-hydrogen) atoms. The highest BCUT2D eigenvalue weighted by Crippen LogP contribution is 2.21. The number of hydrogen-bond acceptors (Lipinski definition) is 4. The van der Waals surface area contributed by atoms with Crippen molar-refractivity contribution >= 4 is 15.7 Å². The molecule has 3 N–H and O–H groups in total. The standard InChI is InChI=1S/C10H15FN2O3S/c1-7(6-14)13(2)17(15,16)10-4-3-8(12)5-9(10)11/h3-5,7,14H,6,12H2,1-2H3. The van der Waals surface area contributed by atoms with Gasteiger partial charge < -0.3 is 10.8 Å². The molecule has 96 valence electrons. The minimum atomic E-state index is -3.95. The van der Waals surface area contributed by atoms with Crippen molar-refractivity contribution in [2.75, 3.05) is 19.4 Å². The molecule has 5 nitrogen and oxygen atoms in total. The number of halogens is 1. The Morgan fingerprint density at radius 2 is 2.12 bits per heavy atom. The number of nitrogens with zero attached hydrogens (tertiary/aromatic N) is 1. The molecule has 0 radical (unpaired) electrons. The molecule has 1 atom stereocenters. The SMILES string of the molecule is CC(CO)N(C)S(=O)(=O)c1ccc(N)cc1F. The van der Waals surface area contributed by atoms with Crippen LogP contribution in [0.25, 0.3) is 0 Å². The van der Waals surface area contributed by atoms with Crippen molar-refractivity contribution in [1.29, 1.82) is 0 Å².